The summed E-state index contributed by atoms with van der Waals surface area (Å²) in [7, 11) is 0. The molecule has 1 atom stereocenters. The van der Waals surface area contributed by atoms with Gasteiger partial charge in [0.05, 0.1) is 11.1 Å². The molecule has 1 fully saturated rings. The SMILES string of the molecule is Cc1ccc2c(N3CCN(CC(C)c4cccc(NC(=O)c5ccccc5F)c4)CC3)cccc2n1. The lowest BCUT2D eigenvalue weighted by molar-refractivity contribution is 0.102. The number of nitrogens with one attached hydrogen (secondary N) is 1. The van der Waals surface area contributed by atoms with Crippen molar-refractivity contribution in [3.63, 3.8) is 0 Å². The predicted octanol–water partition coefficient (Wildman–Crippen LogP) is 5.86. The van der Waals surface area contributed by atoms with Gasteiger partial charge < -0.3 is 10.2 Å². The van der Waals surface area contributed by atoms with E-state index in [1.807, 2.05) is 25.1 Å². The zero-order chi connectivity index (χ0) is 25.1. The van der Waals surface area contributed by atoms with Gasteiger partial charge >= 0.3 is 0 Å². The molecule has 1 N–H and O–H groups in total. The number of pyridine rings is 1. The molecule has 184 valence electrons. The number of carbonyl (C=O) groups excluding carboxylic acids is 1. The van der Waals surface area contributed by atoms with Gasteiger partial charge in [-0.25, -0.2) is 4.39 Å². The summed E-state index contributed by atoms with van der Waals surface area (Å²) in [4.78, 5) is 22.2. The van der Waals surface area contributed by atoms with Crippen LogP contribution < -0.4 is 10.2 Å². The van der Waals surface area contributed by atoms with Crippen LogP contribution in [0.25, 0.3) is 10.9 Å². The van der Waals surface area contributed by atoms with Crippen LogP contribution in [-0.4, -0.2) is 48.5 Å². The van der Waals surface area contributed by atoms with Crippen LogP contribution in [-0.2, 0) is 0 Å². The number of anilines is 2. The van der Waals surface area contributed by atoms with E-state index in [1.165, 1.54) is 23.2 Å². The second kappa shape index (κ2) is 10.5. The fourth-order valence-electron chi connectivity index (χ4n) is 4.95. The molecule has 3 aromatic carbocycles. The lowest BCUT2D eigenvalue weighted by Crippen LogP contribution is -2.47. The Bertz CT molecular complexity index is 1380. The van der Waals surface area contributed by atoms with Gasteiger partial charge in [-0.15, -0.1) is 0 Å². The third kappa shape index (κ3) is 5.24. The summed E-state index contributed by atoms with van der Waals surface area (Å²) < 4.78 is 14.0. The Morgan fingerprint density at radius 3 is 2.56 bits per heavy atom. The molecule has 6 heteroatoms. The summed E-state index contributed by atoms with van der Waals surface area (Å²) >= 11 is 0. The van der Waals surface area contributed by atoms with Gasteiger partial charge in [0.15, 0.2) is 0 Å². The van der Waals surface area contributed by atoms with E-state index in [9.17, 15) is 9.18 Å². The molecule has 1 aromatic heterocycles. The number of aryl methyl sites for hydroxylation is 1. The number of carbonyl (C=O) groups is 1. The minimum absolute atomic E-state index is 0.0472. The van der Waals surface area contributed by atoms with Gasteiger partial charge in [-0.05, 0) is 66.9 Å². The minimum atomic E-state index is -0.520. The van der Waals surface area contributed by atoms with Crippen LogP contribution in [0.3, 0.4) is 0 Å². The molecule has 0 radical (unpaired) electrons. The summed E-state index contributed by atoms with van der Waals surface area (Å²) in [6.07, 6.45) is 0. The summed E-state index contributed by atoms with van der Waals surface area (Å²) in [6, 6.07) is 24.5. The Labute approximate surface area is 211 Å². The zero-order valence-corrected chi connectivity index (χ0v) is 20.7. The maximum Gasteiger partial charge on any atom is 0.258 e. The quantitative estimate of drug-likeness (QED) is 0.374. The lowest BCUT2D eigenvalue weighted by Gasteiger charge is -2.37. The Balaban J connectivity index is 1.20. The van der Waals surface area contributed by atoms with Crippen molar-refractivity contribution in [3.8, 4) is 0 Å². The van der Waals surface area contributed by atoms with E-state index in [1.54, 1.807) is 12.1 Å². The molecule has 1 aliphatic rings. The number of amides is 1. The highest BCUT2D eigenvalue weighted by Gasteiger charge is 2.21. The first kappa shape index (κ1) is 23.9. The molecule has 1 saturated heterocycles. The molecular weight excluding hydrogens is 451 g/mol. The highest BCUT2D eigenvalue weighted by atomic mass is 19.1. The molecule has 4 aromatic rings. The number of hydrogen-bond acceptors (Lipinski definition) is 4. The molecular formula is C30H31FN4O. The third-order valence-electron chi connectivity index (χ3n) is 6.93. The van der Waals surface area contributed by atoms with Gasteiger partial charge in [0.2, 0.25) is 0 Å². The van der Waals surface area contributed by atoms with Gasteiger partial charge in [0.1, 0.15) is 5.82 Å². The number of benzene rings is 3. The fraction of sp³-hybridized carbons (Fsp3) is 0.267. The first-order valence-corrected chi connectivity index (χ1v) is 12.5. The molecule has 36 heavy (non-hydrogen) atoms. The number of halogens is 1. The molecule has 5 rings (SSSR count). The van der Waals surface area contributed by atoms with Gasteiger partial charge in [0, 0.05) is 55.2 Å². The standard InChI is InChI=1S/C30H31FN4O/c1-21(23-7-5-8-24(19-23)33-30(36)25-9-3-4-10-27(25)31)20-34-15-17-35(18-16-34)29-12-6-11-28-26(29)14-13-22(2)32-28/h3-14,19,21H,15-18,20H2,1-2H3,(H,33,36). The molecule has 0 bridgehead atoms. The minimum Gasteiger partial charge on any atom is -0.368 e. The number of nitrogens with zero attached hydrogens (tertiary/aromatic N) is 3. The number of piperazine rings is 1. The highest BCUT2D eigenvalue weighted by Crippen LogP contribution is 2.28. The van der Waals surface area contributed by atoms with E-state index in [-0.39, 0.29) is 5.56 Å². The van der Waals surface area contributed by atoms with Crippen LogP contribution in [0.1, 0.15) is 34.5 Å². The molecule has 0 spiro atoms. The van der Waals surface area contributed by atoms with Crippen molar-refractivity contribution in [1.82, 2.24) is 9.88 Å². The molecule has 0 aliphatic carbocycles. The van der Waals surface area contributed by atoms with Crippen LogP contribution >= 0.6 is 0 Å². The maximum atomic E-state index is 14.0. The van der Waals surface area contributed by atoms with Crippen molar-refractivity contribution in [2.24, 2.45) is 0 Å². The topological polar surface area (TPSA) is 48.5 Å². The second-order valence-corrected chi connectivity index (χ2v) is 9.54. The molecule has 1 unspecified atom stereocenters. The van der Waals surface area contributed by atoms with Crippen molar-refractivity contribution in [2.45, 2.75) is 19.8 Å². The fourth-order valence-corrected chi connectivity index (χ4v) is 4.95. The number of aromatic nitrogens is 1. The first-order valence-electron chi connectivity index (χ1n) is 12.5. The average molecular weight is 483 g/mol. The normalized spacial score (nSPS) is 15.1. The third-order valence-corrected chi connectivity index (χ3v) is 6.93. The van der Waals surface area contributed by atoms with E-state index in [0.29, 0.717) is 11.6 Å². The van der Waals surface area contributed by atoms with Gasteiger partial charge in [-0.3, -0.25) is 14.7 Å². The average Bonchev–Trinajstić information content (AvgIpc) is 2.89. The van der Waals surface area contributed by atoms with Crippen LogP contribution in [0.2, 0.25) is 0 Å². The summed E-state index contributed by atoms with van der Waals surface area (Å²) in [5, 5.41) is 4.04. The monoisotopic (exact) mass is 482 g/mol. The molecule has 2 heterocycles. The zero-order valence-electron chi connectivity index (χ0n) is 20.7. The molecule has 1 amide bonds. The van der Waals surface area contributed by atoms with Crippen molar-refractivity contribution in [1.29, 1.82) is 0 Å². The summed E-state index contributed by atoms with van der Waals surface area (Å²) in [6.45, 7) is 9.10. The largest absolute Gasteiger partial charge is 0.368 e. The van der Waals surface area contributed by atoms with Crippen LogP contribution in [0, 0.1) is 12.7 Å². The number of fused-ring (bicyclic) bond motifs is 1. The highest BCUT2D eigenvalue weighted by molar-refractivity contribution is 6.04. The van der Waals surface area contributed by atoms with Crippen LogP contribution in [0.5, 0.6) is 0 Å². The maximum absolute atomic E-state index is 14.0. The van der Waals surface area contributed by atoms with E-state index < -0.39 is 11.7 Å². The van der Waals surface area contributed by atoms with Gasteiger partial charge in [0.25, 0.3) is 5.91 Å². The Hall–Kier alpha value is -3.77. The van der Waals surface area contributed by atoms with Crippen molar-refractivity contribution in [2.75, 3.05) is 42.9 Å². The second-order valence-electron chi connectivity index (χ2n) is 9.54. The van der Waals surface area contributed by atoms with Crippen molar-refractivity contribution in [3.05, 3.63) is 102 Å². The van der Waals surface area contributed by atoms with E-state index in [4.69, 9.17) is 0 Å². The molecule has 0 saturated carbocycles. The Morgan fingerprint density at radius 2 is 1.75 bits per heavy atom. The Kier molecular flexibility index (Phi) is 6.96. The van der Waals surface area contributed by atoms with E-state index in [0.717, 1.165) is 49.5 Å². The summed E-state index contributed by atoms with van der Waals surface area (Å²) in [5.74, 6) is -0.659. The lowest BCUT2D eigenvalue weighted by atomic mass is 9.99. The van der Waals surface area contributed by atoms with Crippen LogP contribution in [0.4, 0.5) is 15.8 Å². The van der Waals surface area contributed by atoms with Crippen LogP contribution in [0.15, 0.2) is 78.9 Å². The smallest absolute Gasteiger partial charge is 0.258 e. The number of rotatable bonds is 6. The van der Waals surface area contributed by atoms with Gasteiger partial charge in [-0.1, -0.05) is 37.3 Å². The van der Waals surface area contributed by atoms with Gasteiger partial charge in [-0.2, -0.15) is 0 Å². The van der Waals surface area contributed by atoms with Crippen molar-refractivity contribution >= 4 is 28.2 Å². The number of hydrogen-bond donors (Lipinski definition) is 1. The Morgan fingerprint density at radius 1 is 0.972 bits per heavy atom. The predicted molar refractivity (Wildman–Crippen MR) is 144 cm³/mol. The molecule has 5 nitrogen and oxygen atoms in total. The van der Waals surface area contributed by atoms with E-state index >= 15 is 0 Å². The molecule has 1 aliphatic heterocycles. The summed E-state index contributed by atoms with van der Waals surface area (Å²) in [5.41, 5.74) is 5.22. The van der Waals surface area contributed by atoms with Crippen molar-refractivity contribution < 1.29 is 9.18 Å². The van der Waals surface area contributed by atoms with E-state index in [2.05, 4.69) is 63.4 Å². The first-order chi connectivity index (χ1) is 17.5.